The number of rotatable bonds is 5. The standard InChI is InChI=1S/C10H17BrN2O/c1-4-8(3)13-10(7-14-5-2)9(11)6-12-13/h6,8H,4-5,7H2,1-3H3. The minimum absolute atomic E-state index is 0.428. The Bertz CT molecular complexity index is 286. The molecule has 1 aromatic rings. The molecule has 0 aliphatic carbocycles. The zero-order valence-electron chi connectivity index (χ0n) is 8.96. The Hall–Kier alpha value is -0.350. The molecule has 1 unspecified atom stereocenters. The van der Waals surface area contributed by atoms with E-state index in [9.17, 15) is 0 Å². The first-order valence-corrected chi connectivity index (χ1v) is 5.79. The number of hydrogen-bond donors (Lipinski definition) is 0. The fraction of sp³-hybridized carbons (Fsp3) is 0.700. The Morgan fingerprint density at radius 2 is 2.29 bits per heavy atom. The van der Waals surface area contributed by atoms with Crippen molar-refractivity contribution in [1.82, 2.24) is 9.78 Å². The van der Waals surface area contributed by atoms with Gasteiger partial charge in [0.25, 0.3) is 0 Å². The zero-order chi connectivity index (χ0) is 10.6. The quantitative estimate of drug-likeness (QED) is 0.814. The number of halogens is 1. The molecular weight excluding hydrogens is 244 g/mol. The number of hydrogen-bond acceptors (Lipinski definition) is 2. The Labute approximate surface area is 93.6 Å². The van der Waals surface area contributed by atoms with E-state index >= 15 is 0 Å². The molecule has 0 saturated carbocycles. The highest BCUT2D eigenvalue weighted by atomic mass is 79.9. The highest BCUT2D eigenvalue weighted by molar-refractivity contribution is 9.10. The van der Waals surface area contributed by atoms with Crippen molar-refractivity contribution in [2.75, 3.05) is 6.61 Å². The molecule has 80 valence electrons. The van der Waals surface area contributed by atoms with E-state index in [1.54, 1.807) is 0 Å². The molecule has 0 aromatic carbocycles. The molecule has 1 atom stereocenters. The van der Waals surface area contributed by atoms with Gasteiger partial charge in [0.1, 0.15) is 0 Å². The Balaban J connectivity index is 2.82. The van der Waals surface area contributed by atoms with Gasteiger partial charge in [-0.2, -0.15) is 5.10 Å². The first kappa shape index (κ1) is 11.7. The van der Waals surface area contributed by atoms with Crippen molar-refractivity contribution in [3.63, 3.8) is 0 Å². The van der Waals surface area contributed by atoms with E-state index in [1.165, 1.54) is 0 Å². The molecule has 0 radical (unpaired) electrons. The van der Waals surface area contributed by atoms with Crippen molar-refractivity contribution in [2.45, 2.75) is 39.8 Å². The van der Waals surface area contributed by atoms with Crippen LogP contribution in [0.15, 0.2) is 10.7 Å². The zero-order valence-corrected chi connectivity index (χ0v) is 10.5. The second-order valence-electron chi connectivity index (χ2n) is 3.28. The van der Waals surface area contributed by atoms with E-state index in [0.29, 0.717) is 12.6 Å². The lowest BCUT2D eigenvalue weighted by atomic mass is 10.2. The largest absolute Gasteiger partial charge is 0.375 e. The predicted molar refractivity (Wildman–Crippen MR) is 60.3 cm³/mol. The third kappa shape index (κ3) is 2.58. The van der Waals surface area contributed by atoms with Gasteiger partial charge in [-0.15, -0.1) is 0 Å². The van der Waals surface area contributed by atoms with Crippen molar-refractivity contribution >= 4 is 15.9 Å². The van der Waals surface area contributed by atoms with Gasteiger partial charge in [-0.25, -0.2) is 0 Å². The van der Waals surface area contributed by atoms with E-state index in [1.807, 2.05) is 17.8 Å². The monoisotopic (exact) mass is 260 g/mol. The number of ether oxygens (including phenoxy) is 1. The van der Waals surface area contributed by atoms with Gasteiger partial charge in [-0.05, 0) is 36.2 Å². The maximum Gasteiger partial charge on any atom is 0.0896 e. The first-order valence-electron chi connectivity index (χ1n) is 5.00. The lowest BCUT2D eigenvalue weighted by Gasteiger charge is -2.13. The molecule has 1 aromatic heterocycles. The van der Waals surface area contributed by atoms with Crippen LogP contribution < -0.4 is 0 Å². The van der Waals surface area contributed by atoms with Crippen LogP contribution in [0.1, 0.15) is 38.9 Å². The summed E-state index contributed by atoms with van der Waals surface area (Å²) in [7, 11) is 0. The molecule has 3 nitrogen and oxygen atoms in total. The van der Waals surface area contributed by atoms with Crippen molar-refractivity contribution in [1.29, 1.82) is 0 Å². The topological polar surface area (TPSA) is 27.1 Å². The van der Waals surface area contributed by atoms with Crippen molar-refractivity contribution in [2.24, 2.45) is 0 Å². The van der Waals surface area contributed by atoms with Crippen molar-refractivity contribution in [3.8, 4) is 0 Å². The van der Waals surface area contributed by atoms with Crippen LogP contribution in [0, 0.1) is 0 Å². The van der Waals surface area contributed by atoms with Crippen LogP contribution in [0.4, 0.5) is 0 Å². The smallest absolute Gasteiger partial charge is 0.0896 e. The van der Waals surface area contributed by atoms with Gasteiger partial charge >= 0.3 is 0 Å². The molecule has 0 N–H and O–H groups in total. The lowest BCUT2D eigenvalue weighted by molar-refractivity contribution is 0.125. The SMILES string of the molecule is CCOCc1c(Br)cnn1C(C)CC. The van der Waals surface area contributed by atoms with Gasteiger partial charge in [0.05, 0.1) is 23.0 Å². The average Bonchev–Trinajstić information content (AvgIpc) is 2.56. The van der Waals surface area contributed by atoms with Crippen LogP contribution in [0.3, 0.4) is 0 Å². The molecular formula is C10H17BrN2O. The summed E-state index contributed by atoms with van der Waals surface area (Å²) in [5, 5.41) is 4.33. The van der Waals surface area contributed by atoms with Crippen molar-refractivity contribution < 1.29 is 4.74 Å². The van der Waals surface area contributed by atoms with E-state index in [-0.39, 0.29) is 0 Å². The first-order chi connectivity index (χ1) is 6.70. The molecule has 4 heteroatoms. The molecule has 1 heterocycles. The third-order valence-electron chi connectivity index (χ3n) is 2.30. The molecule has 1 rings (SSSR count). The van der Waals surface area contributed by atoms with Crippen LogP contribution in [-0.4, -0.2) is 16.4 Å². The van der Waals surface area contributed by atoms with E-state index in [4.69, 9.17) is 4.74 Å². The molecule has 0 spiro atoms. The third-order valence-corrected chi connectivity index (χ3v) is 2.96. The second-order valence-corrected chi connectivity index (χ2v) is 4.13. The Morgan fingerprint density at radius 3 is 2.86 bits per heavy atom. The summed E-state index contributed by atoms with van der Waals surface area (Å²) in [6.45, 7) is 7.68. The van der Waals surface area contributed by atoms with E-state index in [2.05, 4.69) is 34.9 Å². The van der Waals surface area contributed by atoms with Gasteiger partial charge in [0.15, 0.2) is 0 Å². The molecule has 0 aliphatic heterocycles. The van der Waals surface area contributed by atoms with Crippen LogP contribution >= 0.6 is 15.9 Å². The molecule has 0 amide bonds. The maximum absolute atomic E-state index is 5.40. The Morgan fingerprint density at radius 1 is 1.57 bits per heavy atom. The Kier molecular flexibility index (Phi) is 4.62. The van der Waals surface area contributed by atoms with Crippen molar-refractivity contribution in [3.05, 3.63) is 16.4 Å². The van der Waals surface area contributed by atoms with E-state index < -0.39 is 0 Å². The molecule has 0 fully saturated rings. The minimum Gasteiger partial charge on any atom is -0.375 e. The molecule has 0 bridgehead atoms. The summed E-state index contributed by atoms with van der Waals surface area (Å²) in [6.07, 6.45) is 2.91. The normalized spacial score (nSPS) is 13.1. The van der Waals surface area contributed by atoms with E-state index in [0.717, 1.165) is 23.2 Å². The molecule has 14 heavy (non-hydrogen) atoms. The van der Waals surface area contributed by atoms with Gasteiger partial charge in [-0.3, -0.25) is 4.68 Å². The molecule has 0 saturated heterocycles. The maximum atomic E-state index is 5.40. The number of nitrogens with zero attached hydrogens (tertiary/aromatic N) is 2. The average molecular weight is 261 g/mol. The summed E-state index contributed by atoms with van der Waals surface area (Å²) >= 11 is 3.48. The summed E-state index contributed by atoms with van der Waals surface area (Å²) in [5.74, 6) is 0. The van der Waals surface area contributed by atoms with Crippen LogP contribution in [-0.2, 0) is 11.3 Å². The van der Waals surface area contributed by atoms with Gasteiger partial charge < -0.3 is 4.74 Å². The van der Waals surface area contributed by atoms with Crippen LogP contribution in [0.5, 0.6) is 0 Å². The highest BCUT2D eigenvalue weighted by Gasteiger charge is 2.12. The highest BCUT2D eigenvalue weighted by Crippen LogP contribution is 2.21. The lowest BCUT2D eigenvalue weighted by Crippen LogP contribution is -2.11. The summed E-state index contributed by atoms with van der Waals surface area (Å²) < 4.78 is 8.46. The fourth-order valence-electron chi connectivity index (χ4n) is 1.25. The number of aromatic nitrogens is 2. The van der Waals surface area contributed by atoms with Gasteiger partial charge in [0.2, 0.25) is 0 Å². The predicted octanol–water partition coefficient (Wildman–Crippen LogP) is 3.15. The van der Waals surface area contributed by atoms with Gasteiger partial charge in [0, 0.05) is 12.6 Å². The summed E-state index contributed by atoms with van der Waals surface area (Å²) in [6, 6.07) is 0.428. The second kappa shape index (κ2) is 5.51. The summed E-state index contributed by atoms with van der Waals surface area (Å²) in [4.78, 5) is 0. The van der Waals surface area contributed by atoms with Gasteiger partial charge in [-0.1, -0.05) is 6.92 Å². The van der Waals surface area contributed by atoms with Crippen LogP contribution in [0.2, 0.25) is 0 Å². The minimum atomic E-state index is 0.428. The fourth-order valence-corrected chi connectivity index (χ4v) is 1.64. The summed E-state index contributed by atoms with van der Waals surface area (Å²) in [5.41, 5.74) is 1.13. The molecule has 0 aliphatic rings. The van der Waals surface area contributed by atoms with Crippen LogP contribution in [0.25, 0.3) is 0 Å².